The van der Waals surface area contributed by atoms with Gasteiger partial charge < -0.3 is 9.80 Å². The van der Waals surface area contributed by atoms with Gasteiger partial charge >= 0.3 is 6.03 Å². The van der Waals surface area contributed by atoms with Crippen LogP contribution in [-0.2, 0) is 4.79 Å². The summed E-state index contributed by atoms with van der Waals surface area (Å²) in [6, 6.07) is 5.38. The fourth-order valence-corrected chi connectivity index (χ4v) is 4.12. The summed E-state index contributed by atoms with van der Waals surface area (Å²) in [5, 5.41) is 0. The second-order valence-corrected chi connectivity index (χ2v) is 7.87. The van der Waals surface area contributed by atoms with Crippen molar-refractivity contribution in [1.29, 1.82) is 0 Å². The standard InChI is InChI=1S/C21H25N5O2/c1-12(2)10-25-19(27)17-18(23(6)21(25)28)22-20-24(17)11-15(5)26(20)16-8-7-13(3)9-14(16)4/h7-9,11,17-18H,1,10H2,2-6H3. The number of hydrogen-bond donors (Lipinski definition) is 0. The highest BCUT2D eigenvalue weighted by atomic mass is 16.2. The molecule has 2 unspecified atom stereocenters. The lowest BCUT2D eigenvalue weighted by Crippen LogP contribution is -2.64. The number of allylic oxidation sites excluding steroid dienone is 1. The second kappa shape index (κ2) is 6.22. The van der Waals surface area contributed by atoms with Gasteiger partial charge in [-0.15, -0.1) is 0 Å². The number of imide groups is 1. The molecule has 7 heteroatoms. The molecule has 3 amide bonds. The largest absolute Gasteiger partial charge is 0.328 e. The SMILES string of the molecule is C=C(C)CN1C(=O)C2C(N=C3N(c4ccc(C)cc4C)C(C)=CN32)N(C)C1=O. The maximum Gasteiger partial charge on any atom is 0.328 e. The van der Waals surface area contributed by atoms with E-state index in [1.165, 1.54) is 10.5 Å². The molecule has 0 N–H and O–H groups in total. The first kappa shape index (κ1) is 18.3. The molecule has 1 saturated heterocycles. The molecule has 3 aliphatic rings. The number of rotatable bonds is 3. The van der Waals surface area contributed by atoms with Crippen molar-refractivity contribution in [3.8, 4) is 0 Å². The van der Waals surface area contributed by atoms with Crippen molar-refractivity contribution in [2.45, 2.75) is 39.9 Å². The van der Waals surface area contributed by atoms with E-state index in [1.807, 2.05) is 24.9 Å². The topological polar surface area (TPSA) is 59.5 Å². The van der Waals surface area contributed by atoms with Gasteiger partial charge in [0.05, 0.1) is 12.2 Å². The number of nitrogens with zero attached hydrogens (tertiary/aromatic N) is 5. The van der Waals surface area contributed by atoms with Crippen LogP contribution in [0.4, 0.5) is 10.5 Å². The quantitative estimate of drug-likeness (QED) is 0.758. The van der Waals surface area contributed by atoms with Crippen LogP contribution in [0, 0.1) is 13.8 Å². The van der Waals surface area contributed by atoms with Crippen LogP contribution in [0.5, 0.6) is 0 Å². The number of anilines is 1. The highest BCUT2D eigenvalue weighted by Gasteiger charge is 2.54. The Bertz CT molecular complexity index is 964. The zero-order chi connectivity index (χ0) is 20.3. The van der Waals surface area contributed by atoms with Gasteiger partial charge in [0.2, 0.25) is 5.96 Å². The molecule has 1 aromatic rings. The van der Waals surface area contributed by atoms with Crippen molar-refractivity contribution in [1.82, 2.24) is 14.7 Å². The Labute approximate surface area is 165 Å². The molecule has 0 radical (unpaired) electrons. The van der Waals surface area contributed by atoms with Crippen LogP contribution in [0.1, 0.15) is 25.0 Å². The van der Waals surface area contributed by atoms with E-state index < -0.39 is 12.2 Å². The molecule has 0 saturated carbocycles. The Morgan fingerprint density at radius 1 is 1.21 bits per heavy atom. The molecule has 1 fully saturated rings. The molecule has 4 rings (SSSR count). The van der Waals surface area contributed by atoms with Crippen LogP contribution in [-0.4, -0.2) is 58.4 Å². The third-order valence-electron chi connectivity index (χ3n) is 5.41. The molecule has 0 aromatic heterocycles. The van der Waals surface area contributed by atoms with E-state index in [4.69, 9.17) is 4.99 Å². The first-order valence-corrected chi connectivity index (χ1v) is 9.35. The van der Waals surface area contributed by atoms with Crippen LogP contribution < -0.4 is 4.90 Å². The Balaban J connectivity index is 1.74. The molecule has 2 atom stereocenters. The Kier molecular flexibility index (Phi) is 4.06. The number of likely N-dealkylation sites (N-methyl/N-ethyl adjacent to an activating group) is 1. The Morgan fingerprint density at radius 3 is 2.57 bits per heavy atom. The van der Waals surface area contributed by atoms with Gasteiger partial charge in [-0.2, -0.15) is 0 Å². The number of carbonyl (C=O) groups is 2. The van der Waals surface area contributed by atoms with Crippen LogP contribution in [0.25, 0.3) is 0 Å². The number of urea groups is 1. The Morgan fingerprint density at radius 2 is 1.93 bits per heavy atom. The number of benzene rings is 1. The minimum atomic E-state index is -0.553. The van der Waals surface area contributed by atoms with Gasteiger partial charge in [0.15, 0.2) is 12.2 Å². The molecular formula is C21H25N5O2. The third-order valence-corrected chi connectivity index (χ3v) is 5.41. The molecule has 0 aliphatic carbocycles. The summed E-state index contributed by atoms with van der Waals surface area (Å²) in [6.07, 6.45) is 1.41. The van der Waals surface area contributed by atoms with Crippen molar-refractivity contribution in [3.63, 3.8) is 0 Å². The van der Waals surface area contributed by atoms with Crippen molar-refractivity contribution < 1.29 is 9.59 Å². The van der Waals surface area contributed by atoms with Gasteiger partial charge in [0.1, 0.15) is 0 Å². The number of carbonyl (C=O) groups excluding carboxylic acids is 2. The highest BCUT2D eigenvalue weighted by Crippen LogP contribution is 2.37. The zero-order valence-electron chi connectivity index (χ0n) is 16.9. The average molecular weight is 379 g/mol. The van der Waals surface area contributed by atoms with Crippen molar-refractivity contribution in [3.05, 3.63) is 53.4 Å². The first-order chi connectivity index (χ1) is 13.2. The molecule has 3 heterocycles. The smallest absolute Gasteiger partial charge is 0.302 e. The number of fused-ring (bicyclic) bond motifs is 3. The number of amides is 3. The zero-order valence-corrected chi connectivity index (χ0v) is 16.9. The summed E-state index contributed by atoms with van der Waals surface area (Å²) in [5.74, 6) is 0.450. The van der Waals surface area contributed by atoms with Crippen LogP contribution in [0.15, 0.2) is 47.2 Å². The van der Waals surface area contributed by atoms with Crippen molar-refractivity contribution in [2.75, 3.05) is 18.5 Å². The lowest BCUT2D eigenvalue weighted by Gasteiger charge is -2.40. The summed E-state index contributed by atoms with van der Waals surface area (Å²) in [7, 11) is 1.70. The minimum Gasteiger partial charge on any atom is -0.302 e. The van der Waals surface area contributed by atoms with Gasteiger partial charge in [-0.05, 0) is 39.3 Å². The maximum absolute atomic E-state index is 13.2. The minimum absolute atomic E-state index is 0.220. The number of guanidine groups is 1. The summed E-state index contributed by atoms with van der Waals surface area (Å²) in [6.45, 7) is 12.0. The van der Waals surface area contributed by atoms with Crippen molar-refractivity contribution in [2.24, 2.45) is 4.99 Å². The third kappa shape index (κ3) is 2.53. The average Bonchev–Trinajstić information content (AvgIpc) is 3.12. The van der Waals surface area contributed by atoms with Crippen LogP contribution in [0.2, 0.25) is 0 Å². The van der Waals surface area contributed by atoms with Gasteiger partial charge in [-0.1, -0.05) is 29.8 Å². The predicted molar refractivity (Wildman–Crippen MR) is 109 cm³/mol. The fraction of sp³-hybridized carbons (Fsp3) is 0.381. The maximum atomic E-state index is 13.2. The van der Waals surface area contributed by atoms with Gasteiger partial charge in [-0.3, -0.25) is 14.6 Å². The number of aryl methyl sites for hydroxylation is 2. The predicted octanol–water partition coefficient (Wildman–Crippen LogP) is 2.82. The lowest BCUT2D eigenvalue weighted by atomic mass is 10.1. The molecule has 0 bridgehead atoms. The van der Waals surface area contributed by atoms with Crippen LogP contribution >= 0.6 is 0 Å². The van der Waals surface area contributed by atoms with Crippen LogP contribution in [0.3, 0.4) is 0 Å². The molecule has 7 nitrogen and oxygen atoms in total. The number of hydrogen-bond acceptors (Lipinski definition) is 5. The van der Waals surface area contributed by atoms with E-state index in [1.54, 1.807) is 11.9 Å². The fourth-order valence-electron chi connectivity index (χ4n) is 4.12. The van der Waals surface area contributed by atoms with E-state index in [0.717, 1.165) is 22.5 Å². The molecule has 3 aliphatic heterocycles. The van der Waals surface area contributed by atoms with Gasteiger partial charge in [0.25, 0.3) is 5.91 Å². The monoisotopic (exact) mass is 379 g/mol. The van der Waals surface area contributed by atoms with Gasteiger partial charge in [-0.25, -0.2) is 9.79 Å². The van der Waals surface area contributed by atoms with E-state index in [2.05, 4.69) is 43.5 Å². The molecule has 28 heavy (non-hydrogen) atoms. The lowest BCUT2D eigenvalue weighted by molar-refractivity contribution is -0.136. The summed E-state index contributed by atoms with van der Waals surface area (Å²) in [4.78, 5) is 37.5. The van der Waals surface area contributed by atoms with E-state index in [0.29, 0.717) is 5.96 Å². The number of aliphatic imine (C=N–C) groups is 1. The summed E-state index contributed by atoms with van der Waals surface area (Å²) in [5.41, 5.74) is 5.10. The normalized spacial score (nSPS) is 23.8. The van der Waals surface area contributed by atoms with E-state index in [9.17, 15) is 9.59 Å². The Hall–Kier alpha value is -3.09. The molecule has 0 spiro atoms. The summed E-state index contributed by atoms with van der Waals surface area (Å²) < 4.78 is 0. The van der Waals surface area contributed by atoms with E-state index >= 15 is 0 Å². The molecule has 146 valence electrons. The second-order valence-electron chi connectivity index (χ2n) is 7.87. The molecule has 1 aromatic carbocycles. The highest BCUT2D eigenvalue weighted by molar-refractivity contribution is 6.10. The van der Waals surface area contributed by atoms with E-state index in [-0.39, 0.29) is 18.5 Å². The first-order valence-electron chi connectivity index (χ1n) is 9.35. The van der Waals surface area contributed by atoms with Gasteiger partial charge in [0, 0.05) is 18.9 Å². The molecular weight excluding hydrogens is 354 g/mol. The summed E-state index contributed by atoms with van der Waals surface area (Å²) >= 11 is 0. The van der Waals surface area contributed by atoms with Crippen molar-refractivity contribution >= 4 is 23.6 Å².